The number of rotatable bonds is 1. The topological polar surface area (TPSA) is 20.2 Å². The van der Waals surface area contributed by atoms with Gasteiger partial charge < -0.3 is 5.11 Å². The largest absolute Gasteiger partial charge is 0.507 e. The summed E-state index contributed by atoms with van der Waals surface area (Å²) in [5.41, 5.74) is 9.61. The predicted molar refractivity (Wildman–Crippen MR) is 123 cm³/mol. The summed E-state index contributed by atoms with van der Waals surface area (Å²) >= 11 is 0. The van der Waals surface area contributed by atoms with Crippen LogP contribution in [0.3, 0.4) is 0 Å². The second-order valence-electron chi connectivity index (χ2n) is 10.6. The van der Waals surface area contributed by atoms with Crippen LogP contribution in [0.4, 0.5) is 0 Å². The highest BCUT2D eigenvalue weighted by Gasteiger charge is 2.34. The van der Waals surface area contributed by atoms with Crippen molar-refractivity contribution in [1.82, 2.24) is 0 Å². The van der Waals surface area contributed by atoms with Crippen molar-refractivity contribution in [3.63, 3.8) is 0 Å². The molecule has 150 valence electrons. The van der Waals surface area contributed by atoms with Gasteiger partial charge in [0.1, 0.15) is 5.75 Å². The zero-order valence-electron chi connectivity index (χ0n) is 18.7. The van der Waals surface area contributed by atoms with Crippen LogP contribution in [0.15, 0.2) is 54.6 Å². The SMILES string of the molecule is Cc1ccc2c(c1)C(c1cc(C(C)(C)C)cc(C(C)(C)C)c1O)c1ccccc1-2. The lowest BCUT2D eigenvalue weighted by Gasteiger charge is -2.29. The molecule has 0 aliphatic heterocycles. The summed E-state index contributed by atoms with van der Waals surface area (Å²) < 4.78 is 0. The van der Waals surface area contributed by atoms with E-state index < -0.39 is 0 Å². The lowest BCUT2D eigenvalue weighted by atomic mass is 9.76. The Morgan fingerprint density at radius 3 is 2.00 bits per heavy atom. The Balaban J connectivity index is 2.06. The van der Waals surface area contributed by atoms with Crippen LogP contribution in [0.25, 0.3) is 11.1 Å². The van der Waals surface area contributed by atoms with Gasteiger partial charge in [0, 0.05) is 11.5 Å². The molecule has 1 aliphatic carbocycles. The molecule has 1 aliphatic rings. The van der Waals surface area contributed by atoms with Crippen LogP contribution < -0.4 is 0 Å². The third-order valence-electron chi connectivity index (χ3n) is 6.20. The monoisotopic (exact) mass is 384 g/mol. The molecule has 1 atom stereocenters. The minimum Gasteiger partial charge on any atom is -0.507 e. The van der Waals surface area contributed by atoms with Gasteiger partial charge in [0.2, 0.25) is 0 Å². The Morgan fingerprint density at radius 1 is 0.690 bits per heavy atom. The third-order valence-corrected chi connectivity index (χ3v) is 6.20. The van der Waals surface area contributed by atoms with E-state index in [-0.39, 0.29) is 16.7 Å². The predicted octanol–water partition coefficient (Wildman–Crippen LogP) is 7.46. The van der Waals surface area contributed by atoms with Gasteiger partial charge >= 0.3 is 0 Å². The van der Waals surface area contributed by atoms with Crippen molar-refractivity contribution in [2.45, 2.75) is 65.2 Å². The molecule has 0 spiro atoms. The van der Waals surface area contributed by atoms with Crippen molar-refractivity contribution in [1.29, 1.82) is 0 Å². The highest BCUT2D eigenvalue weighted by molar-refractivity contribution is 5.81. The molecule has 0 heterocycles. The molecular formula is C28H32O. The van der Waals surface area contributed by atoms with Gasteiger partial charge in [0.15, 0.2) is 0 Å². The summed E-state index contributed by atoms with van der Waals surface area (Å²) in [5, 5.41) is 11.5. The van der Waals surface area contributed by atoms with E-state index in [9.17, 15) is 5.11 Å². The van der Waals surface area contributed by atoms with Crippen molar-refractivity contribution < 1.29 is 5.11 Å². The number of hydrogen-bond donors (Lipinski definition) is 1. The fourth-order valence-electron chi connectivity index (χ4n) is 4.54. The van der Waals surface area contributed by atoms with E-state index >= 15 is 0 Å². The number of aryl methyl sites for hydroxylation is 1. The minimum absolute atomic E-state index is 0.00993. The minimum atomic E-state index is -0.131. The number of aromatic hydroxyl groups is 1. The van der Waals surface area contributed by atoms with Gasteiger partial charge in [-0.1, -0.05) is 102 Å². The summed E-state index contributed by atoms with van der Waals surface area (Å²) in [5.74, 6) is 0.504. The molecule has 1 heteroatoms. The average molecular weight is 385 g/mol. The van der Waals surface area contributed by atoms with E-state index in [4.69, 9.17) is 0 Å². The summed E-state index contributed by atoms with van der Waals surface area (Å²) in [4.78, 5) is 0. The van der Waals surface area contributed by atoms with E-state index in [0.717, 1.165) is 11.1 Å². The van der Waals surface area contributed by atoms with Crippen LogP contribution in [0.2, 0.25) is 0 Å². The molecule has 0 amide bonds. The number of phenolic OH excluding ortho intramolecular Hbond substituents is 1. The molecule has 0 bridgehead atoms. The molecule has 0 fully saturated rings. The van der Waals surface area contributed by atoms with Crippen LogP contribution in [-0.4, -0.2) is 5.11 Å². The number of phenols is 1. The quantitative estimate of drug-likeness (QED) is 0.361. The highest BCUT2D eigenvalue weighted by atomic mass is 16.3. The van der Waals surface area contributed by atoms with Crippen molar-refractivity contribution in [3.05, 3.63) is 88.0 Å². The Morgan fingerprint density at radius 2 is 1.34 bits per heavy atom. The fourth-order valence-corrected chi connectivity index (χ4v) is 4.54. The summed E-state index contributed by atoms with van der Waals surface area (Å²) in [7, 11) is 0. The second kappa shape index (κ2) is 6.49. The Hall–Kier alpha value is -2.54. The van der Waals surface area contributed by atoms with E-state index in [0.29, 0.717) is 5.75 Å². The van der Waals surface area contributed by atoms with Gasteiger partial charge in [-0.2, -0.15) is 0 Å². The van der Waals surface area contributed by atoms with Gasteiger partial charge in [0.05, 0.1) is 0 Å². The highest BCUT2D eigenvalue weighted by Crippen LogP contribution is 2.52. The molecule has 0 aromatic heterocycles. The van der Waals surface area contributed by atoms with Gasteiger partial charge in [-0.3, -0.25) is 0 Å². The zero-order chi connectivity index (χ0) is 21.1. The van der Waals surface area contributed by atoms with E-state index in [2.05, 4.69) is 103 Å². The Labute approximate surface area is 175 Å². The lowest BCUT2D eigenvalue weighted by molar-refractivity contribution is 0.437. The third kappa shape index (κ3) is 3.27. The summed E-state index contributed by atoms with van der Waals surface area (Å²) in [6, 6.07) is 19.8. The van der Waals surface area contributed by atoms with Gasteiger partial charge in [-0.15, -0.1) is 0 Å². The molecule has 0 radical (unpaired) electrons. The second-order valence-corrected chi connectivity index (χ2v) is 10.6. The molecule has 29 heavy (non-hydrogen) atoms. The average Bonchev–Trinajstić information content (AvgIpc) is 2.93. The van der Waals surface area contributed by atoms with Crippen molar-refractivity contribution in [2.75, 3.05) is 0 Å². The van der Waals surface area contributed by atoms with Crippen molar-refractivity contribution >= 4 is 0 Å². The van der Waals surface area contributed by atoms with E-state index in [1.165, 1.54) is 33.4 Å². The van der Waals surface area contributed by atoms with Crippen LogP contribution >= 0.6 is 0 Å². The maximum atomic E-state index is 11.5. The fraction of sp³-hybridized carbons (Fsp3) is 0.357. The molecular weight excluding hydrogens is 352 g/mol. The first-order chi connectivity index (χ1) is 13.5. The summed E-state index contributed by atoms with van der Waals surface area (Å²) in [6.07, 6.45) is 0. The van der Waals surface area contributed by atoms with Crippen LogP contribution in [0, 0.1) is 6.92 Å². The van der Waals surface area contributed by atoms with E-state index in [1.54, 1.807) is 0 Å². The zero-order valence-corrected chi connectivity index (χ0v) is 18.7. The van der Waals surface area contributed by atoms with Crippen LogP contribution in [0.1, 0.15) is 80.8 Å². The van der Waals surface area contributed by atoms with Crippen LogP contribution in [-0.2, 0) is 10.8 Å². The standard InChI is InChI=1S/C28H32O/c1-17-12-13-20-19-10-8-9-11-21(19)25(22(20)14-17)23-15-18(27(2,3)4)16-24(26(23)29)28(5,6)7/h8-16,25,29H,1-7H3. The number of hydrogen-bond acceptors (Lipinski definition) is 1. The van der Waals surface area contributed by atoms with Crippen molar-refractivity contribution in [2.24, 2.45) is 0 Å². The molecule has 4 rings (SSSR count). The lowest BCUT2D eigenvalue weighted by Crippen LogP contribution is -2.18. The summed E-state index contributed by atoms with van der Waals surface area (Å²) in [6.45, 7) is 15.4. The molecule has 3 aromatic carbocycles. The maximum absolute atomic E-state index is 11.5. The Bertz CT molecular complexity index is 1090. The van der Waals surface area contributed by atoms with E-state index in [1.807, 2.05) is 0 Å². The smallest absolute Gasteiger partial charge is 0.123 e. The molecule has 1 nitrogen and oxygen atoms in total. The Kier molecular flexibility index (Phi) is 4.42. The number of benzene rings is 3. The first-order valence-electron chi connectivity index (χ1n) is 10.6. The molecule has 1 N–H and O–H groups in total. The van der Waals surface area contributed by atoms with Crippen molar-refractivity contribution in [3.8, 4) is 16.9 Å². The van der Waals surface area contributed by atoms with Gasteiger partial charge in [-0.05, 0) is 51.1 Å². The first-order valence-corrected chi connectivity index (χ1v) is 10.6. The molecule has 0 saturated heterocycles. The molecule has 0 saturated carbocycles. The molecule has 3 aromatic rings. The number of fused-ring (bicyclic) bond motifs is 3. The van der Waals surface area contributed by atoms with Crippen LogP contribution in [0.5, 0.6) is 5.75 Å². The maximum Gasteiger partial charge on any atom is 0.123 e. The van der Waals surface area contributed by atoms with Gasteiger partial charge in [0.25, 0.3) is 0 Å². The van der Waals surface area contributed by atoms with Gasteiger partial charge in [-0.25, -0.2) is 0 Å². The molecule has 1 unspecified atom stereocenters. The first kappa shape index (κ1) is 19.8. The normalized spacial score (nSPS) is 15.9.